The first-order valence-electron chi connectivity index (χ1n) is 11.1. The fourth-order valence-electron chi connectivity index (χ4n) is 4.25. The van der Waals surface area contributed by atoms with Gasteiger partial charge in [-0.1, -0.05) is 56.3 Å². The second kappa shape index (κ2) is 9.72. The number of amides is 1. The molecule has 174 valence electrons. The van der Waals surface area contributed by atoms with Crippen LogP contribution in [0.5, 0.6) is 0 Å². The molecule has 1 fully saturated rings. The van der Waals surface area contributed by atoms with Crippen LogP contribution in [-0.2, 0) is 16.0 Å². The van der Waals surface area contributed by atoms with Crippen LogP contribution in [0.15, 0.2) is 42.5 Å². The first-order valence-corrected chi connectivity index (χ1v) is 11.1. The minimum Gasteiger partial charge on any atom is -0.444 e. The third-order valence-electron chi connectivity index (χ3n) is 5.34. The van der Waals surface area contributed by atoms with Crippen molar-refractivity contribution in [3.05, 3.63) is 48.0 Å². The number of ether oxygens (including phenoxy) is 2. The van der Waals surface area contributed by atoms with Gasteiger partial charge in [-0.2, -0.15) is 5.06 Å². The predicted octanol–water partition coefficient (Wildman–Crippen LogP) is 5.61. The Labute approximate surface area is 187 Å². The summed E-state index contributed by atoms with van der Waals surface area (Å²) >= 11 is 0. The molecule has 0 radical (unpaired) electrons. The van der Waals surface area contributed by atoms with E-state index in [9.17, 15) is 10.0 Å². The largest absolute Gasteiger partial charge is 0.444 e. The van der Waals surface area contributed by atoms with Crippen LogP contribution in [0.2, 0.25) is 0 Å². The van der Waals surface area contributed by atoms with Crippen LogP contribution < -0.4 is 0 Å². The summed E-state index contributed by atoms with van der Waals surface area (Å²) in [6, 6.07) is 9.03. The summed E-state index contributed by atoms with van der Waals surface area (Å²) in [5, 5.41) is 12.4. The van der Waals surface area contributed by atoms with E-state index in [0.29, 0.717) is 12.5 Å². The fraction of sp³-hybridized carbons (Fsp3) is 0.640. The Balaban J connectivity index is 2.39. The van der Waals surface area contributed by atoms with Crippen LogP contribution in [0.4, 0.5) is 4.79 Å². The SMILES string of the molecule is C=C(C)[C@H]([C@@H]1OC(C)(C)N(C(=O)OC(C)(C)C)[C@H]1CC(C)C)N(O)Cc1ccccc1. The molecule has 0 spiro atoms. The second-order valence-corrected chi connectivity index (χ2v) is 10.5. The molecule has 1 amide bonds. The molecule has 0 unspecified atom stereocenters. The third kappa shape index (κ3) is 6.55. The lowest BCUT2D eigenvalue weighted by Crippen LogP contribution is -2.53. The monoisotopic (exact) mass is 432 g/mol. The van der Waals surface area contributed by atoms with E-state index in [0.717, 1.165) is 17.6 Å². The molecule has 0 aromatic heterocycles. The molecule has 1 aliphatic rings. The molecule has 6 heteroatoms. The number of carbonyl (C=O) groups excluding carboxylic acids is 1. The minimum absolute atomic E-state index is 0.267. The molecule has 1 aromatic rings. The van der Waals surface area contributed by atoms with Crippen molar-refractivity contribution in [2.75, 3.05) is 0 Å². The molecule has 1 N–H and O–H groups in total. The van der Waals surface area contributed by atoms with Gasteiger partial charge in [0.2, 0.25) is 0 Å². The number of rotatable bonds is 7. The third-order valence-corrected chi connectivity index (χ3v) is 5.34. The van der Waals surface area contributed by atoms with Crippen molar-refractivity contribution in [3.63, 3.8) is 0 Å². The van der Waals surface area contributed by atoms with Crippen molar-refractivity contribution >= 4 is 6.09 Å². The first kappa shape index (κ1) is 25.4. The topological polar surface area (TPSA) is 62.2 Å². The van der Waals surface area contributed by atoms with Crippen LogP contribution in [0, 0.1) is 5.92 Å². The van der Waals surface area contributed by atoms with Gasteiger partial charge in [-0.05, 0) is 59.4 Å². The Morgan fingerprint density at radius 2 is 1.87 bits per heavy atom. The summed E-state index contributed by atoms with van der Waals surface area (Å²) in [7, 11) is 0. The molecule has 2 rings (SSSR count). The molecular weight excluding hydrogens is 392 g/mol. The van der Waals surface area contributed by atoms with Crippen LogP contribution in [-0.4, -0.2) is 50.8 Å². The molecule has 1 heterocycles. The zero-order valence-corrected chi connectivity index (χ0v) is 20.4. The number of hydroxylamine groups is 2. The molecule has 0 aliphatic carbocycles. The Hall–Kier alpha value is -1.89. The lowest BCUT2D eigenvalue weighted by atomic mass is 9.91. The van der Waals surface area contributed by atoms with Gasteiger partial charge in [0.1, 0.15) is 17.4 Å². The van der Waals surface area contributed by atoms with Gasteiger partial charge in [0.25, 0.3) is 0 Å². The summed E-state index contributed by atoms with van der Waals surface area (Å²) < 4.78 is 12.2. The van der Waals surface area contributed by atoms with Gasteiger partial charge < -0.3 is 14.7 Å². The highest BCUT2D eigenvalue weighted by molar-refractivity contribution is 5.70. The van der Waals surface area contributed by atoms with Crippen LogP contribution >= 0.6 is 0 Å². The standard InChI is InChI=1S/C25H40N2O4/c1-17(2)15-20-22(30-25(8,9)27(20)23(28)31-24(5,6)7)21(18(3)4)26(29)16-19-13-11-10-12-14-19/h10-14,17,20-22,29H,3,15-16H2,1-2,4-9H3/t20-,21+,22+/m0/s1. The van der Waals surface area contributed by atoms with Crippen molar-refractivity contribution in [3.8, 4) is 0 Å². The maximum Gasteiger partial charge on any atom is 0.412 e. The molecular formula is C25H40N2O4. The van der Waals surface area contributed by atoms with Gasteiger partial charge in [0, 0.05) is 6.54 Å². The summed E-state index contributed by atoms with van der Waals surface area (Å²) in [6.07, 6.45) is -0.133. The average Bonchev–Trinajstić information content (AvgIpc) is 2.83. The molecule has 0 bridgehead atoms. The van der Waals surface area contributed by atoms with E-state index in [1.54, 1.807) is 4.90 Å². The molecule has 0 saturated carbocycles. The second-order valence-electron chi connectivity index (χ2n) is 10.5. The first-order chi connectivity index (χ1) is 14.2. The summed E-state index contributed by atoms with van der Waals surface area (Å²) in [5.41, 5.74) is 0.267. The Morgan fingerprint density at radius 1 is 1.29 bits per heavy atom. The maximum absolute atomic E-state index is 13.2. The van der Waals surface area contributed by atoms with E-state index >= 15 is 0 Å². The van der Waals surface area contributed by atoms with E-state index in [2.05, 4.69) is 20.4 Å². The highest BCUT2D eigenvalue weighted by Crippen LogP contribution is 2.40. The molecule has 1 aromatic carbocycles. The van der Waals surface area contributed by atoms with E-state index in [1.165, 1.54) is 5.06 Å². The average molecular weight is 433 g/mol. The fourth-order valence-corrected chi connectivity index (χ4v) is 4.25. The van der Waals surface area contributed by atoms with Gasteiger partial charge in [0.05, 0.1) is 12.1 Å². The van der Waals surface area contributed by atoms with Crippen molar-refractivity contribution < 1.29 is 19.5 Å². The number of nitrogens with zero attached hydrogens (tertiary/aromatic N) is 2. The highest BCUT2D eigenvalue weighted by Gasteiger charge is 2.54. The molecule has 31 heavy (non-hydrogen) atoms. The zero-order valence-electron chi connectivity index (χ0n) is 20.4. The van der Waals surface area contributed by atoms with Gasteiger partial charge >= 0.3 is 6.09 Å². The molecule has 1 aliphatic heterocycles. The zero-order chi connectivity index (χ0) is 23.6. The Kier molecular flexibility index (Phi) is 7.95. The van der Waals surface area contributed by atoms with Gasteiger partial charge in [-0.15, -0.1) is 0 Å². The van der Waals surface area contributed by atoms with E-state index < -0.39 is 29.6 Å². The van der Waals surface area contributed by atoms with Crippen LogP contribution in [0.25, 0.3) is 0 Å². The Morgan fingerprint density at radius 3 is 2.35 bits per heavy atom. The van der Waals surface area contributed by atoms with Crippen molar-refractivity contribution in [2.24, 2.45) is 5.92 Å². The van der Waals surface area contributed by atoms with Crippen molar-refractivity contribution in [2.45, 2.75) is 97.9 Å². The highest BCUT2D eigenvalue weighted by atomic mass is 16.6. The smallest absolute Gasteiger partial charge is 0.412 e. The van der Waals surface area contributed by atoms with E-state index in [4.69, 9.17) is 9.47 Å². The minimum atomic E-state index is -0.881. The predicted molar refractivity (Wildman–Crippen MR) is 123 cm³/mol. The number of hydrogen-bond donors (Lipinski definition) is 1. The summed E-state index contributed by atoms with van der Waals surface area (Å²) in [5.74, 6) is 0.321. The molecule has 3 atom stereocenters. The number of benzene rings is 1. The Bertz CT molecular complexity index is 755. The lowest BCUT2D eigenvalue weighted by molar-refractivity contribution is -0.169. The summed E-state index contributed by atoms with van der Waals surface area (Å²) in [4.78, 5) is 14.9. The normalized spacial score (nSPS) is 22.1. The molecule has 1 saturated heterocycles. The number of hydrogen-bond acceptors (Lipinski definition) is 5. The van der Waals surface area contributed by atoms with E-state index in [-0.39, 0.29) is 6.04 Å². The van der Waals surface area contributed by atoms with Crippen molar-refractivity contribution in [1.29, 1.82) is 0 Å². The van der Waals surface area contributed by atoms with Gasteiger partial charge in [0.15, 0.2) is 0 Å². The van der Waals surface area contributed by atoms with E-state index in [1.807, 2.05) is 71.9 Å². The summed E-state index contributed by atoms with van der Waals surface area (Å²) in [6.45, 7) is 19.9. The lowest BCUT2D eigenvalue weighted by Gasteiger charge is -2.37. The quantitative estimate of drug-likeness (QED) is 0.448. The van der Waals surface area contributed by atoms with Crippen LogP contribution in [0.1, 0.15) is 67.4 Å². The van der Waals surface area contributed by atoms with Crippen molar-refractivity contribution in [1.82, 2.24) is 9.96 Å². The molecule has 6 nitrogen and oxygen atoms in total. The number of carbonyl (C=O) groups is 1. The van der Waals surface area contributed by atoms with Gasteiger partial charge in [-0.3, -0.25) is 4.90 Å². The van der Waals surface area contributed by atoms with Crippen LogP contribution in [0.3, 0.4) is 0 Å². The maximum atomic E-state index is 13.2. The van der Waals surface area contributed by atoms with Gasteiger partial charge in [-0.25, -0.2) is 4.79 Å².